The van der Waals surface area contributed by atoms with Crippen molar-refractivity contribution in [2.45, 2.75) is 32.9 Å². The fourth-order valence-electron chi connectivity index (χ4n) is 3.92. The summed E-state index contributed by atoms with van der Waals surface area (Å²) in [4.78, 5) is 40.0. The lowest BCUT2D eigenvalue weighted by atomic mass is 10.0. The topological polar surface area (TPSA) is 113 Å². The maximum atomic E-state index is 12.7. The number of likely N-dealkylation sites (tertiary alicyclic amines) is 1. The van der Waals surface area contributed by atoms with E-state index in [9.17, 15) is 22.8 Å². The van der Waals surface area contributed by atoms with Crippen molar-refractivity contribution in [3.05, 3.63) is 47.7 Å². The number of furan rings is 1. The van der Waals surface area contributed by atoms with Crippen LogP contribution in [-0.4, -0.2) is 52.0 Å². The zero-order chi connectivity index (χ0) is 23.7. The van der Waals surface area contributed by atoms with Crippen LogP contribution < -0.4 is 5.32 Å². The number of carbonyl (C=O) groups is 3. The number of aromatic nitrogens is 1. The average Bonchev–Trinajstić information content (AvgIpc) is 3.07. The number of carboxylic acid groups (broad SMARTS) is 1. The number of amides is 2. The number of anilines is 1. The maximum absolute atomic E-state index is 12.7. The first-order valence-electron chi connectivity index (χ1n) is 9.80. The Morgan fingerprint density at radius 1 is 1.31 bits per heavy atom. The van der Waals surface area contributed by atoms with E-state index in [-0.39, 0.29) is 23.1 Å². The summed E-state index contributed by atoms with van der Waals surface area (Å²) < 4.78 is 37.2. The molecule has 3 heterocycles. The summed E-state index contributed by atoms with van der Waals surface area (Å²) in [5, 5.41) is 10.0. The molecular weight excluding hydrogens is 431 g/mol. The molecule has 2 amide bonds. The van der Waals surface area contributed by atoms with Gasteiger partial charge in [-0.1, -0.05) is 0 Å². The van der Waals surface area contributed by atoms with Crippen LogP contribution in [0.2, 0.25) is 0 Å². The number of alkyl halides is 3. The zero-order valence-electron chi connectivity index (χ0n) is 17.4. The number of hydrogen-bond donors (Lipinski definition) is 2. The van der Waals surface area contributed by atoms with Gasteiger partial charge in [-0.05, 0) is 44.9 Å². The van der Waals surface area contributed by atoms with E-state index in [1.165, 1.54) is 0 Å². The smallest absolute Gasteiger partial charge is 0.475 e. The van der Waals surface area contributed by atoms with Crippen LogP contribution in [0.25, 0.3) is 0 Å². The Morgan fingerprint density at radius 2 is 2.00 bits per heavy atom. The number of aryl methyl sites for hydroxylation is 2. The molecule has 2 fully saturated rings. The van der Waals surface area contributed by atoms with Crippen LogP contribution in [0.5, 0.6) is 0 Å². The molecule has 1 saturated carbocycles. The fraction of sp³-hybridized carbons (Fsp3) is 0.429. The summed E-state index contributed by atoms with van der Waals surface area (Å²) in [5.41, 5.74) is 1.28. The zero-order valence-corrected chi connectivity index (χ0v) is 17.4. The van der Waals surface area contributed by atoms with E-state index in [0.717, 1.165) is 18.6 Å². The molecule has 172 valence electrons. The molecule has 8 nitrogen and oxygen atoms in total. The van der Waals surface area contributed by atoms with Crippen LogP contribution >= 0.6 is 0 Å². The highest BCUT2D eigenvalue weighted by atomic mass is 19.4. The van der Waals surface area contributed by atoms with Crippen molar-refractivity contribution in [2.75, 3.05) is 18.4 Å². The largest absolute Gasteiger partial charge is 0.490 e. The van der Waals surface area contributed by atoms with Crippen LogP contribution in [0.1, 0.15) is 34.7 Å². The Hall–Kier alpha value is -3.37. The first-order valence-corrected chi connectivity index (χ1v) is 9.80. The molecule has 2 N–H and O–H groups in total. The molecule has 0 radical (unpaired) electrons. The minimum absolute atomic E-state index is 0.00421. The van der Waals surface area contributed by atoms with E-state index >= 15 is 0 Å². The minimum Gasteiger partial charge on any atom is -0.475 e. The second kappa shape index (κ2) is 8.64. The van der Waals surface area contributed by atoms with E-state index in [0.29, 0.717) is 30.1 Å². The number of nitrogens with one attached hydrogen (secondary N) is 1. The van der Waals surface area contributed by atoms with Gasteiger partial charge in [0, 0.05) is 30.6 Å². The molecule has 2 aromatic heterocycles. The summed E-state index contributed by atoms with van der Waals surface area (Å²) in [6.07, 6.45) is -0.0538. The molecule has 2 atom stereocenters. The van der Waals surface area contributed by atoms with E-state index in [1.54, 1.807) is 24.5 Å². The van der Waals surface area contributed by atoms with Gasteiger partial charge in [0.15, 0.2) is 0 Å². The lowest BCUT2D eigenvalue weighted by Gasteiger charge is -2.16. The average molecular weight is 453 g/mol. The predicted octanol–water partition coefficient (Wildman–Crippen LogP) is 3.42. The van der Waals surface area contributed by atoms with Gasteiger partial charge in [0.2, 0.25) is 5.91 Å². The first-order chi connectivity index (χ1) is 14.9. The van der Waals surface area contributed by atoms with Gasteiger partial charge in [0.25, 0.3) is 5.91 Å². The van der Waals surface area contributed by atoms with Crippen LogP contribution in [0.4, 0.5) is 18.9 Å². The standard InChI is InChI=1S/C19H21N3O3.C2HF3O2/c1-12-8-15(13(2)25-12)18(24)22-7-5-19(11-22)9-16(19)17(23)21-14-4-3-6-20-10-14;3-2(4,5)1(6)7/h3-4,6,8,10,16H,5,7,9,11H2,1-2H3,(H,21,23);(H,6,7). The number of carbonyl (C=O) groups excluding carboxylic acids is 2. The predicted molar refractivity (Wildman–Crippen MR) is 106 cm³/mol. The molecule has 2 unspecified atom stereocenters. The van der Waals surface area contributed by atoms with Crippen LogP contribution in [0.3, 0.4) is 0 Å². The third-order valence-electron chi connectivity index (χ3n) is 5.62. The van der Waals surface area contributed by atoms with Gasteiger partial charge >= 0.3 is 12.1 Å². The lowest BCUT2D eigenvalue weighted by molar-refractivity contribution is -0.192. The van der Waals surface area contributed by atoms with Crippen molar-refractivity contribution in [2.24, 2.45) is 11.3 Å². The monoisotopic (exact) mass is 453 g/mol. The molecule has 4 rings (SSSR count). The molecule has 2 aromatic rings. The van der Waals surface area contributed by atoms with Crippen molar-refractivity contribution in [1.82, 2.24) is 9.88 Å². The SMILES string of the molecule is Cc1cc(C(=O)N2CCC3(CC3C(=O)Nc3cccnc3)C2)c(C)o1.O=C(O)C(F)(F)F. The highest BCUT2D eigenvalue weighted by Gasteiger charge is 2.61. The van der Waals surface area contributed by atoms with Crippen molar-refractivity contribution >= 4 is 23.5 Å². The minimum atomic E-state index is -5.08. The third-order valence-corrected chi connectivity index (χ3v) is 5.62. The number of aliphatic carboxylic acids is 1. The number of rotatable bonds is 3. The first kappa shape index (κ1) is 23.3. The molecule has 11 heteroatoms. The quantitative estimate of drug-likeness (QED) is 0.737. The van der Waals surface area contributed by atoms with E-state index < -0.39 is 12.1 Å². The van der Waals surface area contributed by atoms with Gasteiger partial charge in [-0.15, -0.1) is 0 Å². The van der Waals surface area contributed by atoms with Gasteiger partial charge in [0.1, 0.15) is 11.5 Å². The molecule has 32 heavy (non-hydrogen) atoms. The molecule has 0 bridgehead atoms. The van der Waals surface area contributed by atoms with E-state index in [2.05, 4.69) is 10.3 Å². The summed E-state index contributed by atoms with van der Waals surface area (Å²) in [7, 11) is 0. The van der Waals surface area contributed by atoms with E-state index in [1.807, 2.05) is 24.8 Å². The Bertz CT molecular complexity index is 1020. The Morgan fingerprint density at radius 3 is 2.53 bits per heavy atom. The maximum Gasteiger partial charge on any atom is 0.490 e. The van der Waals surface area contributed by atoms with E-state index in [4.69, 9.17) is 14.3 Å². The number of hydrogen-bond acceptors (Lipinski definition) is 5. The second-order valence-corrected chi connectivity index (χ2v) is 7.96. The summed E-state index contributed by atoms with van der Waals surface area (Å²) in [6, 6.07) is 5.42. The summed E-state index contributed by atoms with van der Waals surface area (Å²) >= 11 is 0. The molecule has 2 aliphatic rings. The number of halogens is 3. The summed E-state index contributed by atoms with van der Waals surface area (Å²) in [5.74, 6) is -1.35. The molecule has 0 aromatic carbocycles. The van der Waals surface area contributed by atoms with Crippen molar-refractivity contribution in [1.29, 1.82) is 0 Å². The van der Waals surface area contributed by atoms with Gasteiger partial charge < -0.3 is 19.7 Å². The van der Waals surface area contributed by atoms with Crippen LogP contribution in [0, 0.1) is 25.2 Å². The summed E-state index contributed by atoms with van der Waals surface area (Å²) in [6.45, 7) is 4.99. The number of pyridine rings is 1. The number of nitrogens with zero attached hydrogens (tertiary/aromatic N) is 2. The fourth-order valence-corrected chi connectivity index (χ4v) is 3.92. The van der Waals surface area contributed by atoms with Gasteiger partial charge in [-0.25, -0.2) is 4.79 Å². The molecule has 1 spiro atoms. The van der Waals surface area contributed by atoms with Crippen molar-refractivity contribution in [3.63, 3.8) is 0 Å². The highest BCUT2D eigenvalue weighted by Crippen LogP contribution is 2.59. The van der Waals surface area contributed by atoms with Gasteiger partial charge in [0.05, 0.1) is 17.4 Å². The normalized spacial score (nSPS) is 21.7. The molecule has 1 aliphatic heterocycles. The Balaban J connectivity index is 0.000000360. The van der Waals surface area contributed by atoms with Gasteiger partial charge in [-0.3, -0.25) is 14.6 Å². The Labute approximate surface area is 181 Å². The highest BCUT2D eigenvalue weighted by molar-refractivity contribution is 5.97. The van der Waals surface area contributed by atoms with Gasteiger partial charge in [-0.2, -0.15) is 13.2 Å². The van der Waals surface area contributed by atoms with Crippen LogP contribution in [-0.2, 0) is 9.59 Å². The van der Waals surface area contributed by atoms with Crippen LogP contribution in [0.15, 0.2) is 35.0 Å². The second-order valence-electron chi connectivity index (χ2n) is 7.96. The van der Waals surface area contributed by atoms with Crippen molar-refractivity contribution < 1.29 is 37.1 Å². The molecular formula is C21H22F3N3O5. The van der Waals surface area contributed by atoms with Crippen molar-refractivity contribution in [3.8, 4) is 0 Å². The molecule has 1 aliphatic carbocycles. The Kier molecular flexibility index (Phi) is 6.29. The third kappa shape index (κ3) is 5.09. The molecule has 1 saturated heterocycles. The lowest BCUT2D eigenvalue weighted by Crippen LogP contribution is -2.30. The number of carboxylic acids is 1.